The van der Waals surface area contributed by atoms with E-state index in [9.17, 15) is 4.79 Å². The Morgan fingerprint density at radius 1 is 1.21 bits per heavy atom. The topological polar surface area (TPSA) is 35.5 Å². The second kappa shape index (κ2) is 6.53. The number of hydrogen-bond acceptors (Lipinski definition) is 3. The molecule has 0 bridgehead atoms. The normalized spacial score (nSPS) is 25.5. The van der Waals surface area contributed by atoms with Gasteiger partial charge in [-0.25, -0.2) is 0 Å². The van der Waals surface area contributed by atoms with Crippen LogP contribution in [-0.4, -0.2) is 18.7 Å². The Balaban J connectivity index is 1.82. The summed E-state index contributed by atoms with van der Waals surface area (Å²) in [6, 6.07) is 10.1. The summed E-state index contributed by atoms with van der Waals surface area (Å²) in [5.74, 6) is 0.351. The monoisotopic (exact) mass is 260 g/mol. The SMILES string of the molecule is CC(=O)O[C@H]1C=CC(C)[C@@H]1COCc1ccccc1. The van der Waals surface area contributed by atoms with Crippen LogP contribution in [0.4, 0.5) is 0 Å². The van der Waals surface area contributed by atoms with E-state index in [0.29, 0.717) is 19.1 Å². The summed E-state index contributed by atoms with van der Waals surface area (Å²) in [6.45, 7) is 4.76. The molecule has 0 heterocycles. The molecule has 0 N–H and O–H groups in total. The summed E-state index contributed by atoms with van der Waals surface area (Å²) in [5, 5.41) is 0. The van der Waals surface area contributed by atoms with Crippen molar-refractivity contribution in [2.24, 2.45) is 11.8 Å². The predicted octanol–water partition coefficient (Wildman–Crippen LogP) is 2.96. The van der Waals surface area contributed by atoms with Gasteiger partial charge in [-0.3, -0.25) is 4.79 Å². The van der Waals surface area contributed by atoms with Crippen LogP contribution in [0.5, 0.6) is 0 Å². The van der Waals surface area contributed by atoms with Gasteiger partial charge in [-0.15, -0.1) is 0 Å². The van der Waals surface area contributed by atoms with Crippen molar-refractivity contribution in [2.75, 3.05) is 6.61 Å². The molecule has 0 aromatic heterocycles. The zero-order valence-corrected chi connectivity index (χ0v) is 11.4. The Hall–Kier alpha value is -1.61. The molecule has 0 radical (unpaired) electrons. The summed E-state index contributed by atoms with van der Waals surface area (Å²) in [5.41, 5.74) is 1.16. The average Bonchev–Trinajstić information content (AvgIpc) is 2.72. The Morgan fingerprint density at radius 3 is 2.63 bits per heavy atom. The van der Waals surface area contributed by atoms with Gasteiger partial charge in [-0.2, -0.15) is 0 Å². The Labute approximate surface area is 114 Å². The summed E-state index contributed by atoms with van der Waals surface area (Å²) in [4.78, 5) is 11.1. The fourth-order valence-corrected chi connectivity index (χ4v) is 2.32. The molecule has 0 spiro atoms. The molecule has 2 rings (SSSR count). The summed E-state index contributed by atoms with van der Waals surface area (Å²) >= 11 is 0. The number of carbonyl (C=O) groups excluding carboxylic acids is 1. The number of carbonyl (C=O) groups is 1. The van der Waals surface area contributed by atoms with Crippen molar-refractivity contribution in [1.29, 1.82) is 0 Å². The third kappa shape index (κ3) is 3.93. The van der Waals surface area contributed by atoms with E-state index in [1.165, 1.54) is 6.92 Å². The molecule has 1 aromatic carbocycles. The minimum atomic E-state index is -0.239. The molecular formula is C16H20O3. The lowest BCUT2D eigenvalue weighted by molar-refractivity contribution is -0.147. The van der Waals surface area contributed by atoms with Gasteiger partial charge in [0.2, 0.25) is 0 Å². The van der Waals surface area contributed by atoms with Crippen molar-refractivity contribution in [3.63, 3.8) is 0 Å². The zero-order chi connectivity index (χ0) is 13.7. The van der Waals surface area contributed by atoms with Gasteiger partial charge < -0.3 is 9.47 Å². The molecule has 3 atom stereocenters. The molecule has 1 unspecified atom stereocenters. The van der Waals surface area contributed by atoms with Gasteiger partial charge in [0, 0.05) is 12.8 Å². The first-order valence-corrected chi connectivity index (χ1v) is 6.64. The van der Waals surface area contributed by atoms with E-state index >= 15 is 0 Å². The third-order valence-electron chi connectivity index (χ3n) is 3.43. The summed E-state index contributed by atoms with van der Waals surface area (Å²) < 4.78 is 11.0. The summed E-state index contributed by atoms with van der Waals surface area (Å²) in [6.07, 6.45) is 3.90. The first-order chi connectivity index (χ1) is 9.16. The molecule has 0 saturated heterocycles. The van der Waals surface area contributed by atoms with Crippen molar-refractivity contribution >= 4 is 5.97 Å². The van der Waals surface area contributed by atoms with Crippen LogP contribution in [-0.2, 0) is 20.9 Å². The maximum atomic E-state index is 11.1. The number of benzene rings is 1. The molecule has 0 saturated carbocycles. The molecule has 3 nitrogen and oxygen atoms in total. The highest BCUT2D eigenvalue weighted by Crippen LogP contribution is 2.28. The first kappa shape index (κ1) is 13.8. The predicted molar refractivity (Wildman–Crippen MR) is 73.4 cm³/mol. The zero-order valence-electron chi connectivity index (χ0n) is 11.4. The van der Waals surface area contributed by atoms with Gasteiger partial charge in [0.15, 0.2) is 0 Å². The van der Waals surface area contributed by atoms with Gasteiger partial charge in [-0.1, -0.05) is 43.3 Å². The highest BCUT2D eigenvalue weighted by molar-refractivity contribution is 5.66. The number of ether oxygens (including phenoxy) is 2. The van der Waals surface area contributed by atoms with Crippen molar-refractivity contribution in [1.82, 2.24) is 0 Å². The van der Waals surface area contributed by atoms with E-state index in [1.807, 2.05) is 36.4 Å². The number of esters is 1. The minimum Gasteiger partial charge on any atom is -0.458 e. The Bertz CT molecular complexity index is 439. The Kier molecular flexibility index (Phi) is 4.74. The second-order valence-corrected chi connectivity index (χ2v) is 4.98. The van der Waals surface area contributed by atoms with Crippen molar-refractivity contribution in [3.05, 3.63) is 48.0 Å². The van der Waals surface area contributed by atoms with E-state index in [-0.39, 0.29) is 18.0 Å². The largest absolute Gasteiger partial charge is 0.458 e. The molecule has 3 heteroatoms. The molecule has 0 amide bonds. The van der Waals surface area contributed by atoms with Gasteiger partial charge in [0.05, 0.1) is 13.2 Å². The molecule has 1 aliphatic rings. The van der Waals surface area contributed by atoms with E-state index in [0.717, 1.165) is 5.56 Å². The maximum absolute atomic E-state index is 11.1. The Morgan fingerprint density at radius 2 is 1.95 bits per heavy atom. The minimum absolute atomic E-state index is 0.150. The summed E-state index contributed by atoms with van der Waals surface area (Å²) in [7, 11) is 0. The van der Waals surface area contributed by atoms with Crippen LogP contribution >= 0.6 is 0 Å². The first-order valence-electron chi connectivity index (χ1n) is 6.64. The van der Waals surface area contributed by atoms with Gasteiger partial charge in [0.1, 0.15) is 6.10 Å². The third-order valence-corrected chi connectivity index (χ3v) is 3.43. The van der Waals surface area contributed by atoms with E-state index in [4.69, 9.17) is 9.47 Å². The van der Waals surface area contributed by atoms with Crippen molar-refractivity contribution < 1.29 is 14.3 Å². The van der Waals surface area contributed by atoms with Crippen LogP contribution in [0.1, 0.15) is 19.4 Å². The fourth-order valence-electron chi connectivity index (χ4n) is 2.32. The van der Waals surface area contributed by atoms with E-state index in [1.54, 1.807) is 0 Å². The van der Waals surface area contributed by atoms with Crippen LogP contribution in [0.2, 0.25) is 0 Å². The molecule has 102 valence electrons. The second-order valence-electron chi connectivity index (χ2n) is 4.98. The fraction of sp³-hybridized carbons (Fsp3) is 0.438. The van der Waals surface area contributed by atoms with Crippen LogP contribution in [0.25, 0.3) is 0 Å². The molecule has 19 heavy (non-hydrogen) atoms. The quantitative estimate of drug-likeness (QED) is 0.603. The number of rotatable bonds is 5. The smallest absolute Gasteiger partial charge is 0.303 e. The lowest BCUT2D eigenvalue weighted by Crippen LogP contribution is -2.28. The lowest BCUT2D eigenvalue weighted by atomic mass is 9.96. The lowest BCUT2D eigenvalue weighted by Gasteiger charge is -2.22. The van der Waals surface area contributed by atoms with Gasteiger partial charge >= 0.3 is 5.97 Å². The van der Waals surface area contributed by atoms with Crippen LogP contribution in [0.15, 0.2) is 42.5 Å². The highest BCUT2D eigenvalue weighted by atomic mass is 16.5. The van der Waals surface area contributed by atoms with Crippen molar-refractivity contribution in [2.45, 2.75) is 26.6 Å². The number of hydrogen-bond donors (Lipinski definition) is 0. The molecule has 1 aromatic rings. The maximum Gasteiger partial charge on any atom is 0.303 e. The van der Waals surface area contributed by atoms with Gasteiger partial charge in [0.25, 0.3) is 0 Å². The van der Waals surface area contributed by atoms with E-state index < -0.39 is 0 Å². The van der Waals surface area contributed by atoms with Crippen LogP contribution < -0.4 is 0 Å². The van der Waals surface area contributed by atoms with Crippen LogP contribution in [0.3, 0.4) is 0 Å². The average molecular weight is 260 g/mol. The van der Waals surface area contributed by atoms with E-state index in [2.05, 4.69) is 13.0 Å². The van der Waals surface area contributed by atoms with Gasteiger partial charge in [-0.05, 0) is 17.6 Å². The molecule has 0 aliphatic heterocycles. The number of allylic oxidation sites excluding steroid dienone is 1. The standard InChI is InChI=1S/C16H20O3/c1-12-8-9-16(19-13(2)17)15(12)11-18-10-14-6-4-3-5-7-14/h3-9,12,15-16H,10-11H2,1-2H3/t12?,15-,16-/m0/s1. The highest BCUT2D eigenvalue weighted by Gasteiger charge is 2.31. The van der Waals surface area contributed by atoms with Crippen molar-refractivity contribution in [3.8, 4) is 0 Å². The molecular weight excluding hydrogens is 240 g/mol. The van der Waals surface area contributed by atoms with Crippen LogP contribution in [0, 0.1) is 11.8 Å². The molecule has 0 fully saturated rings. The molecule has 1 aliphatic carbocycles.